The van der Waals surface area contributed by atoms with Gasteiger partial charge in [0.25, 0.3) is 0 Å². The minimum Gasteiger partial charge on any atom is -0.497 e. The fourth-order valence-corrected chi connectivity index (χ4v) is 2.49. The van der Waals surface area contributed by atoms with Crippen molar-refractivity contribution in [2.45, 2.75) is 13.5 Å². The van der Waals surface area contributed by atoms with E-state index >= 15 is 0 Å². The largest absolute Gasteiger partial charge is 0.497 e. The summed E-state index contributed by atoms with van der Waals surface area (Å²) in [7, 11) is 3.26. The van der Waals surface area contributed by atoms with E-state index in [9.17, 15) is 0 Å². The van der Waals surface area contributed by atoms with Gasteiger partial charge in [0.05, 0.1) is 14.2 Å². The van der Waals surface area contributed by atoms with Crippen molar-refractivity contribution in [3.05, 3.63) is 66.1 Å². The molecule has 26 heavy (non-hydrogen) atoms. The third-order valence-corrected chi connectivity index (χ3v) is 3.81. The van der Waals surface area contributed by atoms with Gasteiger partial charge in [0.1, 0.15) is 24.3 Å². The van der Waals surface area contributed by atoms with Crippen LogP contribution in [0.1, 0.15) is 18.2 Å². The van der Waals surface area contributed by atoms with E-state index in [2.05, 4.69) is 4.98 Å². The SMILES string of the molecule is C/C=C\c1ccc(OCc2coc(-c3ccc(OC)cc3)n2)c(OC)c1. The van der Waals surface area contributed by atoms with Crippen LogP contribution in [0.25, 0.3) is 17.5 Å². The molecule has 0 atom stereocenters. The molecule has 0 saturated heterocycles. The number of ether oxygens (including phenoxy) is 3. The Morgan fingerprint density at radius 1 is 1.00 bits per heavy atom. The van der Waals surface area contributed by atoms with Crippen LogP contribution < -0.4 is 14.2 Å². The Balaban J connectivity index is 1.69. The Labute approximate surface area is 152 Å². The van der Waals surface area contributed by atoms with Crippen LogP contribution in [0.2, 0.25) is 0 Å². The fraction of sp³-hybridized carbons (Fsp3) is 0.190. The highest BCUT2D eigenvalue weighted by Crippen LogP contribution is 2.29. The molecule has 1 aromatic heterocycles. The zero-order valence-electron chi connectivity index (χ0n) is 15.1. The molecule has 3 rings (SSSR count). The molecule has 0 fully saturated rings. The number of rotatable bonds is 7. The van der Waals surface area contributed by atoms with Crippen LogP contribution in [0.15, 0.2) is 59.2 Å². The van der Waals surface area contributed by atoms with Gasteiger partial charge in [0.2, 0.25) is 5.89 Å². The van der Waals surface area contributed by atoms with Gasteiger partial charge in [-0.25, -0.2) is 4.98 Å². The Hall–Kier alpha value is -3.21. The van der Waals surface area contributed by atoms with E-state index in [0.717, 1.165) is 16.9 Å². The Kier molecular flexibility index (Phi) is 5.59. The molecule has 0 bridgehead atoms. The maximum absolute atomic E-state index is 5.84. The Bertz CT molecular complexity index is 881. The van der Waals surface area contributed by atoms with E-state index in [4.69, 9.17) is 18.6 Å². The molecular formula is C21H21NO4. The highest BCUT2D eigenvalue weighted by atomic mass is 16.5. The molecule has 0 aliphatic rings. The molecule has 0 aliphatic heterocycles. The summed E-state index contributed by atoms with van der Waals surface area (Å²) in [4.78, 5) is 4.47. The first-order chi connectivity index (χ1) is 12.7. The van der Waals surface area contributed by atoms with E-state index in [0.29, 0.717) is 29.7 Å². The fourth-order valence-electron chi connectivity index (χ4n) is 2.49. The van der Waals surface area contributed by atoms with Crippen molar-refractivity contribution < 1.29 is 18.6 Å². The lowest BCUT2D eigenvalue weighted by molar-refractivity contribution is 0.280. The van der Waals surface area contributed by atoms with Crippen molar-refractivity contribution in [1.82, 2.24) is 4.98 Å². The first-order valence-corrected chi connectivity index (χ1v) is 8.26. The first kappa shape index (κ1) is 17.6. The second-order valence-corrected chi connectivity index (χ2v) is 5.57. The number of methoxy groups -OCH3 is 2. The summed E-state index contributed by atoms with van der Waals surface area (Å²) < 4.78 is 21.9. The lowest BCUT2D eigenvalue weighted by atomic mass is 10.2. The van der Waals surface area contributed by atoms with Gasteiger partial charge in [-0.3, -0.25) is 0 Å². The van der Waals surface area contributed by atoms with Gasteiger partial charge in [-0.05, 0) is 48.9 Å². The van der Waals surface area contributed by atoms with Crippen molar-refractivity contribution in [2.24, 2.45) is 0 Å². The van der Waals surface area contributed by atoms with Crippen LogP contribution in [-0.4, -0.2) is 19.2 Å². The van der Waals surface area contributed by atoms with Crippen LogP contribution in [0.3, 0.4) is 0 Å². The number of aromatic nitrogens is 1. The van der Waals surface area contributed by atoms with E-state index in [1.807, 2.05) is 61.5 Å². The first-order valence-electron chi connectivity index (χ1n) is 8.26. The van der Waals surface area contributed by atoms with Crippen molar-refractivity contribution in [1.29, 1.82) is 0 Å². The normalized spacial score (nSPS) is 10.9. The Morgan fingerprint density at radius 2 is 1.81 bits per heavy atom. The van der Waals surface area contributed by atoms with Gasteiger partial charge >= 0.3 is 0 Å². The molecule has 5 nitrogen and oxygen atoms in total. The maximum atomic E-state index is 5.84. The average Bonchev–Trinajstić information content (AvgIpc) is 3.16. The van der Waals surface area contributed by atoms with Crippen molar-refractivity contribution >= 4 is 6.08 Å². The van der Waals surface area contributed by atoms with E-state index in [1.54, 1.807) is 20.5 Å². The zero-order valence-corrected chi connectivity index (χ0v) is 15.1. The highest BCUT2D eigenvalue weighted by molar-refractivity contribution is 5.56. The van der Waals surface area contributed by atoms with Crippen LogP contribution in [-0.2, 0) is 6.61 Å². The molecular weight excluding hydrogens is 330 g/mol. The third-order valence-electron chi connectivity index (χ3n) is 3.81. The van der Waals surface area contributed by atoms with Gasteiger partial charge in [-0.1, -0.05) is 18.2 Å². The molecule has 0 aliphatic carbocycles. The molecule has 1 heterocycles. The number of nitrogens with zero attached hydrogens (tertiary/aromatic N) is 1. The van der Waals surface area contributed by atoms with E-state index in [1.165, 1.54) is 0 Å². The summed E-state index contributed by atoms with van der Waals surface area (Å²) >= 11 is 0. The second-order valence-electron chi connectivity index (χ2n) is 5.57. The summed E-state index contributed by atoms with van der Waals surface area (Å²) in [6.45, 7) is 2.26. The molecule has 3 aromatic rings. The number of hydrogen-bond donors (Lipinski definition) is 0. The van der Waals surface area contributed by atoms with Crippen LogP contribution in [0.5, 0.6) is 17.2 Å². The molecule has 0 unspecified atom stereocenters. The molecule has 0 N–H and O–H groups in total. The van der Waals surface area contributed by atoms with Gasteiger partial charge in [-0.2, -0.15) is 0 Å². The predicted octanol–water partition coefficient (Wildman–Crippen LogP) is 4.97. The second kappa shape index (κ2) is 8.25. The molecule has 2 aromatic carbocycles. The average molecular weight is 351 g/mol. The highest BCUT2D eigenvalue weighted by Gasteiger charge is 2.10. The third kappa shape index (κ3) is 4.06. The molecule has 0 saturated carbocycles. The predicted molar refractivity (Wildman–Crippen MR) is 101 cm³/mol. The van der Waals surface area contributed by atoms with Gasteiger partial charge in [0, 0.05) is 5.56 Å². The van der Waals surface area contributed by atoms with Gasteiger partial charge in [0.15, 0.2) is 11.5 Å². The topological polar surface area (TPSA) is 53.7 Å². The monoisotopic (exact) mass is 351 g/mol. The number of oxazole rings is 1. The van der Waals surface area contributed by atoms with Crippen LogP contribution >= 0.6 is 0 Å². The molecule has 5 heteroatoms. The minimum atomic E-state index is 0.291. The summed E-state index contributed by atoms with van der Waals surface area (Å²) in [6, 6.07) is 13.3. The minimum absolute atomic E-state index is 0.291. The summed E-state index contributed by atoms with van der Waals surface area (Å²) in [5.74, 6) is 2.67. The molecule has 0 amide bonds. The molecule has 0 radical (unpaired) electrons. The molecule has 134 valence electrons. The number of allylic oxidation sites excluding steroid dienone is 1. The quantitative estimate of drug-likeness (QED) is 0.601. The lowest BCUT2D eigenvalue weighted by Gasteiger charge is -2.10. The van der Waals surface area contributed by atoms with Crippen LogP contribution in [0.4, 0.5) is 0 Å². The zero-order chi connectivity index (χ0) is 18.4. The smallest absolute Gasteiger partial charge is 0.226 e. The van der Waals surface area contributed by atoms with Crippen molar-refractivity contribution in [3.8, 4) is 28.7 Å². The molecule has 0 spiro atoms. The van der Waals surface area contributed by atoms with Gasteiger partial charge in [-0.15, -0.1) is 0 Å². The summed E-state index contributed by atoms with van der Waals surface area (Å²) in [5, 5.41) is 0. The number of benzene rings is 2. The lowest BCUT2D eigenvalue weighted by Crippen LogP contribution is -1.98. The van der Waals surface area contributed by atoms with Gasteiger partial charge < -0.3 is 18.6 Å². The maximum Gasteiger partial charge on any atom is 0.226 e. The van der Waals surface area contributed by atoms with E-state index in [-0.39, 0.29) is 0 Å². The van der Waals surface area contributed by atoms with Crippen molar-refractivity contribution in [2.75, 3.05) is 14.2 Å². The van der Waals surface area contributed by atoms with E-state index < -0.39 is 0 Å². The number of hydrogen-bond acceptors (Lipinski definition) is 5. The standard InChI is InChI=1S/C21H21NO4/c1-4-5-15-6-11-19(20(12-15)24-3)25-13-17-14-26-21(22-17)16-7-9-18(23-2)10-8-16/h4-12,14H,13H2,1-3H3/b5-4-. The Morgan fingerprint density at radius 3 is 2.50 bits per heavy atom. The summed E-state index contributed by atoms with van der Waals surface area (Å²) in [5.41, 5.74) is 2.64. The van der Waals surface area contributed by atoms with Crippen LogP contribution in [0, 0.1) is 0 Å². The summed E-state index contributed by atoms with van der Waals surface area (Å²) in [6.07, 6.45) is 5.58. The van der Waals surface area contributed by atoms with Crippen molar-refractivity contribution in [3.63, 3.8) is 0 Å².